The lowest BCUT2D eigenvalue weighted by atomic mass is 10.0. The average molecular weight is 420 g/mol. The van der Waals surface area contributed by atoms with Gasteiger partial charge < -0.3 is 15.0 Å². The highest BCUT2D eigenvalue weighted by atomic mass is 35.5. The van der Waals surface area contributed by atoms with E-state index in [1.54, 1.807) is 31.5 Å². The van der Waals surface area contributed by atoms with Crippen molar-refractivity contribution in [3.63, 3.8) is 0 Å². The highest BCUT2D eigenvalue weighted by Gasteiger charge is 2.15. The van der Waals surface area contributed by atoms with Crippen molar-refractivity contribution in [1.82, 2.24) is 9.97 Å². The summed E-state index contributed by atoms with van der Waals surface area (Å²) in [7, 11) is 1.56. The lowest BCUT2D eigenvalue weighted by Crippen LogP contribution is -2.12. The molecule has 4 aromatic rings. The van der Waals surface area contributed by atoms with E-state index in [0.29, 0.717) is 29.3 Å². The zero-order valence-electron chi connectivity index (χ0n) is 16.6. The zero-order valence-corrected chi connectivity index (χ0v) is 17.4. The van der Waals surface area contributed by atoms with Gasteiger partial charge in [0.1, 0.15) is 5.75 Å². The second-order valence-electron chi connectivity index (χ2n) is 6.99. The number of fused-ring (bicyclic) bond motifs is 1. The van der Waals surface area contributed by atoms with Crippen LogP contribution in [0.5, 0.6) is 5.75 Å². The van der Waals surface area contributed by atoms with Crippen LogP contribution < -0.4 is 10.1 Å². The lowest BCUT2D eigenvalue weighted by Gasteiger charge is -2.10. The fourth-order valence-electron chi connectivity index (χ4n) is 3.61. The van der Waals surface area contributed by atoms with E-state index >= 15 is 0 Å². The van der Waals surface area contributed by atoms with E-state index in [2.05, 4.69) is 27.4 Å². The smallest absolute Gasteiger partial charge is 0.224 e. The van der Waals surface area contributed by atoms with E-state index in [0.717, 1.165) is 28.7 Å². The molecular weight excluding hydrogens is 398 g/mol. The maximum atomic E-state index is 12.5. The molecule has 0 radical (unpaired) electrons. The van der Waals surface area contributed by atoms with Gasteiger partial charge in [0.15, 0.2) is 0 Å². The summed E-state index contributed by atoms with van der Waals surface area (Å²) in [6, 6.07) is 19.2. The van der Waals surface area contributed by atoms with Crippen LogP contribution in [-0.2, 0) is 11.2 Å². The highest BCUT2D eigenvalue weighted by molar-refractivity contribution is 6.31. The van der Waals surface area contributed by atoms with E-state index in [-0.39, 0.29) is 5.91 Å². The monoisotopic (exact) mass is 419 g/mol. The van der Waals surface area contributed by atoms with Crippen molar-refractivity contribution in [1.29, 1.82) is 0 Å². The lowest BCUT2D eigenvalue weighted by molar-refractivity contribution is -0.116. The number of hydrogen-bond donors (Lipinski definition) is 2. The third-order valence-corrected chi connectivity index (χ3v) is 5.24. The Hall–Kier alpha value is -3.31. The Labute approximate surface area is 180 Å². The summed E-state index contributed by atoms with van der Waals surface area (Å²) in [5.74, 6) is 0.511. The number of amides is 1. The number of benzene rings is 2. The number of aromatic amines is 1. The number of carbonyl (C=O) groups excluding carboxylic acids is 1. The number of hydrogen-bond acceptors (Lipinski definition) is 3. The van der Waals surface area contributed by atoms with Crippen molar-refractivity contribution in [2.45, 2.75) is 19.3 Å². The van der Waals surface area contributed by atoms with Crippen LogP contribution in [0, 0.1) is 0 Å². The van der Waals surface area contributed by atoms with Crippen molar-refractivity contribution in [2.24, 2.45) is 0 Å². The molecule has 2 heterocycles. The molecule has 0 fully saturated rings. The Morgan fingerprint density at radius 1 is 1.13 bits per heavy atom. The van der Waals surface area contributed by atoms with Gasteiger partial charge >= 0.3 is 0 Å². The van der Waals surface area contributed by atoms with E-state index < -0.39 is 0 Å². The minimum Gasteiger partial charge on any atom is -0.495 e. The first-order chi connectivity index (χ1) is 14.7. The van der Waals surface area contributed by atoms with Gasteiger partial charge in [-0.15, -0.1) is 0 Å². The van der Waals surface area contributed by atoms with Gasteiger partial charge in [0.05, 0.1) is 24.2 Å². The molecule has 2 N–H and O–H groups in total. The number of carbonyl (C=O) groups is 1. The van der Waals surface area contributed by atoms with E-state index in [9.17, 15) is 4.79 Å². The first-order valence-corrected chi connectivity index (χ1v) is 10.2. The Morgan fingerprint density at radius 2 is 1.97 bits per heavy atom. The number of halogens is 1. The standard InChI is InChI=1S/C24H22ClN3O2/c1-30-22-13-12-16(25)15-21(22)27-23(29)11-6-8-18-17-7-2-3-9-19(17)28-24(18)20-10-4-5-14-26-20/h2-5,7,9-10,12-15,28H,6,8,11H2,1H3,(H,27,29). The summed E-state index contributed by atoms with van der Waals surface area (Å²) in [6.45, 7) is 0. The minimum atomic E-state index is -0.0743. The van der Waals surface area contributed by atoms with Gasteiger partial charge in [-0.1, -0.05) is 35.9 Å². The predicted molar refractivity (Wildman–Crippen MR) is 121 cm³/mol. The summed E-state index contributed by atoms with van der Waals surface area (Å²) in [6.07, 6.45) is 3.64. The van der Waals surface area contributed by atoms with Crippen LogP contribution in [0.1, 0.15) is 18.4 Å². The molecule has 0 spiro atoms. The second kappa shape index (κ2) is 9.01. The largest absolute Gasteiger partial charge is 0.495 e. The zero-order chi connectivity index (χ0) is 20.9. The van der Waals surface area contributed by atoms with Crippen molar-refractivity contribution in [3.05, 3.63) is 77.4 Å². The van der Waals surface area contributed by atoms with Crippen LogP contribution >= 0.6 is 11.6 Å². The molecule has 0 saturated carbocycles. The molecule has 5 nitrogen and oxygen atoms in total. The molecule has 2 aromatic carbocycles. The number of nitrogens with one attached hydrogen (secondary N) is 2. The molecule has 6 heteroatoms. The number of nitrogens with zero attached hydrogens (tertiary/aromatic N) is 1. The fraction of sp³-hybridized carbons (Fsp3) is 0.167. The third kappa shape index (κ3) is 4.31. The molecule has 0 aliphatic carbocycles. The number of rotatable bonds is 7. The molecule has 0 bridgehead atoms. The summed E-state index contributed by atoms with van der Waals surface area (Å²) < 4.78 is 5.29. The van der Waals surface area contributed by atoms with Gasteiger partial charge in [0.2, 0.25) is 5.91 Å². The van der Waals surface area contributed by atoms with Gasteiger partial charge in [0, 0.05) is 28.5 Å². The van der Waals surface area contributed by atoms with Crippen molar-refractivity contribution in [3.8, 4) is 17.1 Å². The summed E-state index contributed by atoms with van der Waals surface area (Å²) in [5, 5.41) is 4.61. The Bertz CT molecular complexity index is 1170. The summed E-state index contributed by atoms with van der Waals surface area (Å²) in [4.78, 5) is 20.5. The SMILES string of the molecule is COc1ccc(Cl)cc1NC(=O)CCCc1c(-c2ccccn2)[nH]c2ccccc12. The van der Waals surface area contributed by atoms with E-state index in [1.807, 2.05) is 30.3 Å². The van der Waals surface area contributed by atoms with Crippen LogP contribution in [0.15, 0.2) is 66.9 Å². The number of ether oxygens (including phenoxy) is 1. The number of H-pyrrole nitrogens is 1. The molecule has 0 atom stereocenters. The van der Waals surface area contributed by atoms with Crippen molar-refractivity contribution >= 4 is 34.1 Å². The average Bonchev–Trinajstić information content (AvgIpc) is 3.13. The third-order valence-electron chi connectivity index (χ3n) is 5.00. The van der Waals surface area contributed by atoms with Crippen LogP contribution in [0.3, 0.4) is 0 Å². The maximum absolute atomic E-state index is 12.5. The van der Waals surface area contributed by atoms with Gasteiger partial charge in [-0.3, -0.25) is 9.78 Å². The number of aromatic nitrogens is 2. The number of methoxy groups -OCH3 is 1. The molecule has 0 unspecified atom stereocenters. The normalized spacial score (nSPS) is 10.9. The molecule has 0 aliphatic heterocycles. The maximum Gasteiger partial charge on any atom is 0.224 e. The van der Waals surface area contributed by atoms with Crippen molar-refractivity contribution < 1.29 is 9.53 Å². The number of pyridine rings is 1. The molecule has 1 amide bonds. The molecule has 0 aliphatic rings. The van der Waals surface area contributed by atoms with Crippen LogP contribution in [0.4, 0.5) is 5.69 Å². The summed E-state index contributed by atoms with van der Waals surface area (Å²) >= 11 is 6.04. The van der Waals surface area contributed by atoms with Crippen LogP contribution in [0.2, 0.25) is 5.02 Å². The highest BCUT2D eigenvalue weighted by Crippen LogP contribution is 2.31. The molecule has 2 aromatic heterocycles. The van der Waals surface area contributed by atoms with Gasteiger partial charge in [0.25, 0.3) is 0 Å². The molecular formula is C24H22ClN3O2. The van der Waals surface area contributed by atoms with Crippen LogP contribution in [-0.4, -0.2) is 23.0 Å². The van der Waals surface area contributed by atoms with Gasteiger partial charge in [-0.25, -0.2) is 0 Å². The molecule has 4 rings (SSSR count). The van der Waals surface area contributed by atoms with Crippen molar-refractivity contribution in [2.75, 3.05) is 12.4 Å². The van der Waals surface area contributed by atoms with Crippen LogP contribution in [0.25, 0.3) is 22.3 Å². The number of anilines is 1. The van der Waals surface area contributed by atoms with E-state index in [4.69, 9.17) is 16.3 Å². The topological polar surface area (TPSA) is 67.0 Å². The predicted octanol–water partition coefficient (Wildman–Crippen LogP) is 5.85. The quantitative estimate of drug-likeness (QED) is 0.394. The Morgan fingerprint density at radius 3 is 2.77 bits per heavy atom. The Kier molecular flexibility index (Phi) is 6.00. The first-order valence-electron chi connectivity index (χ1n) is 9.80. The molecule has 30 heavy (non-hydrogen) atoms. The minimum absolute atomic E-state index is 0.0743. The number of para-hydroxylation sites is 1. The fourth-order valence-corrected chi connectivity index (χ4v) is 3.78. The molecule has 152 valence electrons. The van der Waals surface area contributed by atoms with E-state index in [1.165, 1.54) is 5.56 Å². The van der Waals surface area contributed by atoms with Gasteiger partial charge in [-0.2, -0.15) is 0 Å². The first kappa shape index (κ1) is 20.0. The molecule has 0 saturated heterocycles. The Balaban J connectivity index is 1.49. The number of aryl methyl sites for hydroxylation is 1. The second-order valence-corrected chi connectivity index (χ2v) is 7.42. The van der Waals surface area contributed by atoms with Gasteiger partial charge in [-0.05, 0) is 54.8 Å². The summed E-state index contributed by atoms with van der Waals surface area (Å²) in [5.41, 5.74) is 4.74.